The highest BCUT2D eigenvalue weighted by Crippen LogP contribution is 2.01. The minimum Gasteiger partial charge on any atom is -0.463 e. The van der Waals surface area contributed by atoms with E-state index in [1.165, 1.54) is 0 Å². The molecule has 5 nitrogen and oxygen atoms in total. The fourth-order valence-corrected chi connectivity index (χ4v) is 2.01. The van der Waals surface area contributed by atoms with E-state index < -0.39 is 0 Å². The van der Waals surface area contributed by atoms with Gasteiger partial charge in [0.15, 0.2) is 0 Å². The summed E-state index contributed by atoms with van der Waals surface area (Å²) in [6.45, 7) is 5.54. The van der Waals surface area contributed by atoms with E-state index >= 15 is 0 Å². The number of esters is 1. The molecular weight excluding hydrogens is 308 g/mol. The third kappa shape index (κ3) is 12.0. The van der Waals surface area contributed by atoms with Gasteiger partial charge < -0.3 is 18.9 Å². The molecule has 0 heterocycles. The van der Waals surface area contributed by atoms with Crippen molar-refractivity contribution < 1.29 is 23.7 Å². The fraction of sp³-hybridized carbons (Fsp3) is 0.632. The lowest BCUT2D eigenvalue weighted by atomic mass is 10.2. The minimum atomic E-state index is -0.140. The van der Waals surface area contributed by atoms with Gasteiger partial charge in [-0.2, -0.15) is 0 Å². The number of carbonyl (C=O) groups is 1. The third-order valence-electron chi connectivity index (χ3n) is 3.33. The van der Waals surface area contributed by atoms with Crippen molar-refractivity contribution in [1.82, 2.24) is 0 Å². The molecule has 24 heavy (non-hydrogen) atoms. The lowest BCUT2D eigenvalue weighted by molar-refractivity contribution is -0.145. The number of hydrogen-bond donors (Lipinski definition) is 0. The molecule has 0 atom stereocenters. The predicted octanol–water partition coefficient (Wildman–Crippen LogP) is 3.36. The molecule has 0 aliphatic carbocycles. The monoisotopic (exact) mass is 338 g/mol. The summed E-state index contributed by atoms with van der Waals surface area (Å²) < 4.78 is 21.3. The Labute approximate surface area is 145 Å². The average molecular weight is 338 g/mol. The molecule has 0 aromatic heterocycles. The van der Waals surface area contributed by atoms with Gasteiger partial charge in [-0.3, -0.25) is 4.79 Å². The lowest BCUT2D eigenvalue weighted by Crippen LogP contribution is -2.13. The first kappa shape index (κ1) is 20.6. The van der Waals surface area contributed by atoms with E-state index in [1.807, 2.05) is 30.3 Å². The van der Waals surface area contributed by atoms with Crippen LogP contribution in [0.1, 0.15) is 38.2 Å². The predicted molar refractivity (Wildman–Crippen MR) is 92.8 cm³/mol. The summed E-state index contributed by atoms with van der Waals surface area (Å²) in [6, 6.07) is 10.0. The SMILES string of the molecule is CCCCCC(=O)OCCOCCOCCOCc1ccccc1. The molecule has 0 N–H and O–H groups in total. The fourth-order valence-electron chi connectivity index (χ4n) is 2.01. The molecule has 0 saturated heterocycles. The van der Waals surface area contributed by atoms with Crippen LogP contribution in [0.4, 0.5) is 0 Å². The van der Waals surface area contributed by atoms with E-state index in [0.717, 1.165) is 24.8 Å². The highest BCUT2D eigenvalue weighted by Gasteiger charge is 2.01. The van der Waals surface area contributed by atoms with Crippen LogP contribution in [0, 0.1) is 0 Å². The van der Waals surface area contributed by atoms with Gasteiger partial charge >= 0.3 is 5.97 Å². The van der Waals surface area contributed by atoms with Gasteiger partial charge in [0.25, 0.3) is 0 Å². The van der Waals surface area contributed by atoms with Gasteiger partial charge in [-0.1, -0.05) is 50.1 Å². The first-order valence-corrected chi connectivity index (χ1v) is 8.75. The van der Waals surface area contributed by atoms with Crippen molar-refractivity contribution in [3.05, 3.63) is 35.9 Å². The molecule has 5 heteroatoms. The van der Waals surface area contributed by atoms with Crippen molar-refractivity contribution in [3.63, 3.8) is 0 Å². The highest BCUT2D eigenvalue weighted by molar-refractivity contribution is 5.69. The molecule has 0 spiro atoms. The van der Waals surface area contributed by atoms with Gasteiger partial charge in [0, 0.05) is 6.42 Å². The average Bonchev–Trinajstić information content (AvgIpc) is 2.61. The smallest absolute Gasteiger partial charge is 0.305 e. The van der Waals surface area contributed by atoms with Crippen LogP contribution in [0.15, 0.2) is 30.3 Å². The number of unbranched alkanes of at least 4 members (excludes halogenated alkanes) is 2. The molecule has 0 aliphatic heterocycles. The lowest BCUT2D eigenvalue weighted by Gasteiger charge is -2.07. The molecule has 1 aromatic carbocycles. The van der Waals surface area contributed by atoms with Crippen molar-refractivity contribution in [2.75, 3.05) is 39.6 Å². The van der Waals surface area contributed by atoms with E-state index in [2.05, 4.69) is 6.92 Å². The van der Waals surface area contributed by atoms with Crippen LogP contribution in [0.5, 0.6) is 0 Å². The zero-order valence-electron chi connectivity index (χ0n) is 14.7. The van der Waals surface area contributed by atoms with Gasteiger partial charge in [-0.25, -0.2) is 0 Å². The summed E-state index contributed by atoms with van der Waals surface area (Å²) in [5.41, 5.74) is 1.16. The maximum absolute atomic E-state index is 11.3. The second kappa shape index (κ2) is 15.1. The Morgan fingerprint density at radius 3 is 2.12 bits per heavy atom. The molecular formula is C19H30O5. The van der Waals surface area contributed by atoms with E-state index in [9.17, 15) is 4.79 Å². The molecule has 0 unspecified atom stereocenters. The number of carbonyl (C=O) groups excluding carboxylic acids is 1. The van der Waals surface area contributed by atoms with Gasteiger partial charge in [0.1, 0.15) is 6.61 Å². The highest BCUT2D eigenvalue weighted by atomic mass is 16.6. The van der Waals surface area contributed by atoms with Crippen molar-refractivity contribution in [3.8, 4) is 0 Å². The maximum Gasteiger partial charge on any atom is 0.305 e. The van der Waals surface area contributed by atoms with Gasteiger partial charge in [-0.15, -0.1) is 0 Å². The molecule has 1 rings (SSSR count). The number of benzene rings is 1. The van der Waals surface area contributed by atoms with Crippen LogP contribution in [0.2, 0.25) is 0 Å². The van der Waals surface area contributed by atoms with Gasteiger partial charge in [0.2, 0.25) is 0 Å². The second-order valence-electron chi connectivity index (χ2n) is 5.44. The molecule has 1 aromatic rings. The normalized spacial score (nSPS) is 10.7. The Morgan fingerprint density at radius 1 is 0.833 bits per heavy atom. The van der Waals surface area contributed by atoms with Crippen LogP contribution < -0.4 is 0 Å². The van der Waals surface area contributed by atoms with E-state index in [0.29, 0.717) is 52.7 Å². The molecule has 0 radical (unpaired) electrons. The zero-order chi connectivity index (χ0) is 17.3. The van der Waals surface area contributed by atoms with Crippen molar-refractivity contribution in [1.29, 1.82) is 0 Å². The minimum absolute atomic E-state index is 0.140. The largest absolute Gasteiger partial charge is 0.463 e. The quantitative estimate of drug-likeness (QED) is 0.362. The first-order valence-electron chi connectivity index (χ1n) is 8.75. The summed E-state index contributed by atoms with van der Waals surface area (Å²) in [4.78, 5) is 11.3. The third-order valence-corrected chi connectivity index (χ3v) is 3.33. The zero-order valence-corrected chi connectivity index (χ0v) is 14.7. The van der Waals surface area contributed by atoms with Crippen LogP contribution >= 0.6 is 0 Å². The Hall–Kier alpha value is -1.43. The summed E-state index contributed by atoms with van der Waals surface area (Å²) >= 11 is 0. The molecule has 0 saturated carbocycles. The Balaban J connectivity index is 1.78. The van der Waals surface area contributed by atoms with Gasteiger partial charge in [0.05, 0.1) is 39.6 Å². The van der Waals surface area contributed by atoms with E-state index in [4.69, 9.17) is 18.9 Å². The Kier molecular flexibility index (Phi) is 13.0. The van der Waals surface area contributed by atoms with E-state index in [1.54, 1.807) is 0 Å². The molecule has 0 fully saturated rings. The van der Waals surface area contributed by atoms with Crippen LogP contribution in [-0.4, -0.2) is 45.6 Å². The number of ether oxygens (including phenoxy) is 4. The molecule has 0 bridgehead atoms. The van der Waals surface area contributed by atoms with Crippen molar-refractivity contribution >= 4 is 5.97 Å². The molecule has 0 aliphatic rings. The summed E-state index contributed by atoms with van der Waals surface area (Å²) in [5, 5.41) is 0. The summed E-state index contributed by atoms with van der Waals surface area (Å²) in [6.07, 6.45) is 3.57. The molecule has 136 valence electrons. The van der Waals surface area contributed by atoms with Crippen LogP contribution in [0.3, 0.4) is 0 Å². The number of hydrogen-bond acceptors (Lipinski definition) is 5. The maximum atomic E-state index is 11.3. The summed E-state index contributed by atoms with van der Waals surface area (Å²) in [7, 11) is 0. The van der Waals surface area contributed by atoms with Crippen molar-refractivity contribution in [2.45, 2.75) is 39.2 Å². The Bertz CT molecular complexity index is 407. The van der Waals surface area contributed by atoms with Crippen molar-refractivity contribution in [2.24, 2.45) is 0 Å². The molecule has 0 amide bonds. The van der Waals surface area contributed by atoms with E-state index in [-0.39, 0.29) is 5.97 Å². The topological polar surface area (TPSA) is 54.0 Å². The Morgan fingerprint density at radius 2 is 1.46 bits per heavy atom. The first-order chi connectivity index (χ1) is 11.8. The second-order valence-corrected chi connectivity index (χ2v) is 5.44. The van der Waals surface area contributed by atoms with Crippen LogP contribution in [0.25, 0.3) is 0 Å². The van der Waals surface area contributed by atoms with Crippen LogP contribution in [-0.2, 0) is 30.3 Å². The summed E-state index contributed by atoms with van der Waals surface area (Å²) in [5.74, 6) is -0.140. The number of rotatable bonds is 15. The van der Waals surface area contributed by atoms with Gasteiger partial charge in [-0.05, 0) is 12.0 Å². The standard InChI is InChI=1S/C19H30O5/c1-2-3-5-10-19(20)24-16-15-22-12-11-21-13-14-23-17-18-8-6-4-7-9-18/h4,6-9H,2-3,5,10-17H2,1H3.